The number of nitrogens with zero attached hydrogens (tertiary/aromatic N) is 2. The van der Waals surface area contributed by atoms with Crippen molar-refractivity contribution in [3.05, 3.63) is 30.1 Å². The zero-order chi connectivity index (χ0) is 11.3. The summed E-state index contributed by atoms with van der Waals surface area (Å²) in [5.74, 6) is 0.165. The molecule has 0 saturated heterocycles. The van der Waals surface area contributed by atoms with Gasteiger partial charge in [0.25, 0.3) is 0 Å². The first-order valence-electron chi connectivity index (χ1n) is 4.79. The normalized spacial score (nSPS) is 16.0. The second-order valence-corrected chi connectivity index (χ2v) is 3.39. The minimum atomic E-state index is -0.188. The molecule has 0 saturated carbocycles. The topological polar surface area (TPSA) is 83.5 Å². The Bertz CT molecular complexity index is 325. The van der Waals surface area contributed by atoms with Crippen LogP contribution in [0.5, 0.6) is 0 Å². The summed E-state index contributed by atoms with van der Waals surface area (Å²) in [4.78, 5) is 4.21. The van der Waals surface area contributed by atoms with E-state index in [0.717, 1.165) is 5.69 Å². The lowest BCUT2D eigenvalue weighted by Crippen LogP contribution is -2.40. The lowest BCUT2D eigenvalue weighted by atomic mass is 10.2. The third-order valence-corrected chi connectivity index (χ3v) is 2.19. The third kappa shape index (κ3) is 3.21. The lowest BCUT2D eigenvalue weighted by molar-refractivity contribution is 0.314. The van der Waals surface area contributed by atoms with E-state index in [4.69, 9.17) is 10.9 Å². The van der Waals surface area contributed by atoms with Crippen LogP contribution in [0.1, 0.15) is 25.6 Å². The van der Waals surface area contributed by atoms with Gasteiger partial charge < -0.3 is 10.9 Å². The summed E-state index contributed by atoms with van der Waals surface area (Å²) < 4.78 is 0. The van der Waals surface area contributed by atoms with Crippen molar-refractivity contribution in [2.45, 2.75) is 25.9 Å². The molecule has 0 aliphatic rings. The first kappa shape index (κ1) is 11.5. The van der Waals surface area contributed by atoms with Crippen LogP contribution in [0, 0.1) is 0 Å². The summed E-state index contributed by atoms with van der Waals surface area (Å²) in [5, 5.41) is 14.6. The predicted molar refractivity (Wildman–Crippen MR) is 58.7 cm³/mol. The minimum Gasteiger partial charge on any atom is -0.409 e. The van der Waals surface area contributed by atoms with Crippen LogP contribution in [-0.4, -0.2) is 22.1 Å². The Morgan fingerprint density at radius 2 is 2.27 bits per heavy atom. The summed E-state index contributed by atoms with van der Waals surface area (Å²) in [6, 6.07) is 5.59. The Balaban J connectivity index is 2.60. The average Bonchev–Trinajstić information content (AvgIpc) is 2.29. The summed E-state index contributed by atoms with van der Waals surface area (Å²) in [7, 11) is 0. The molecule has 82 valence electrons. The number of aromatic nitrogens is 1. The van der Waals surface area contributed by atoms with E-state index in [0.29, 0.717) is 0 Å². The zero-order valence-corrected chi connectivity index (χ0v) is 8.88. The smallest absolute Gasteiger partial charge is 0.156 e. The van der Waals surface area contributed by atoms with Gasteiger partial charge in [-0.05, 0) is 26.0 Å². The van der Waals surface area contributed by atoms with Crippen molar-refractivity contribution in [1.29, 1.82) is 0 Å². The molecule has 0 aromatic carbocycles. The first-order valence-corrected chi connectivity index (χ1v) is 4.79. The van der Waals surface area contributed by atoms with Crippen molar-refractivity contribution < 1.29 is 5.21 Å². The van der Waals surface area contributed by atoms with Gasteiger partial charge in [-0.1, -0.05) is 11.2 Å². The number of oxime groups is 1. The Labute approximate surface area is 89.0 Å². The molecule has 0 amide bonds. The van der Waals surface area contributed by atoms with E-state index in [1.165, 1.54) is 0 Å². The largest absolute Gasteiger partial charge is 0.409 e. The van der Waals surface area contributed by atoms with Gasteiger partial charge in [0, 0.05) is 12.2 Å². The molecule has 15 heavy (non-hydrogen) atoms. The van der Waals surface area contributed by atoms with Crippen LogP contribution in [0.3, 0.4) is 0 Å². The van der Waals surface area contributed by atoms with Gasteiger partial charge in [-0.2, -0.15) is 0 Å². The molecule has 1 heterocycles. The van der Waals surface area contributed by atoms with E-state index in [2.05, 4.69) is 15.5 Å². The molecule has 0 aliphatic carbocycles. The van der Waals surface area contributed by atoms with Crippen LogP contribution in [0.15, 0.2) is 29.6 Å². The van der Waals surface area contributed by atoms with Crippen molar-refractivity contribution in [1.82, 2.24) is 10.3 Å². The van der Waals surface area contributed by atoms with Crippen molar-refractivity contribution in [2.24, 2.45) is 10.9 Å². The number of nitrogens with two attached hydrogens (primary N) is 1. The van der Waals surface area contributed by atoms with Crippen LogP contribution < -0.4 is 11.1 Å². The maximum Gasteiger partial charge on any atom is 0.156 e. The number of hydrogen-bond donors (Lipinski definition) is 3. The highest BCUT2D eigenvalue weighted by atomic mass is 16.4. The highest BCUT2D eigenvalue weighted by Gasteiger charge is 2.12. The summed E-state index contributed by atoms with van der Waals surface area (Å²) in [5.41, 5.74) is 6.39. The van der Waals surface area contributed by atoms with E-state index in [1.807, 2.05) is 32.0 Å². The number of amidine groups is 1. The van der Waals surface area contributed by atoms with Crippen LogP contribution in [-0.2, 0) is 0 Å². The molecule has 0 fully saturated rings. The second-order valence-electron chi connectivity index (χ2n) is 3.39. The molecular formula is C10H16N4O. The summed E-state index contributed by atoms with van der Waals surface area (Å²) in [6.07, 6.45) is 1.74. The van der Waals surface area contributed by atoms with Crippen LogP contribution in [0.25, 0.3) is 0 Å². The number of pyridine rings is 1. The quantitative estimate of drug-likeness (QED) is 0.297. The third-order valence-electron chi connectivity index (χ3n) is 2.19. The van der Waals surface area contributed by atoms with E-state index in [-0.39, 0.29) is 17.9 Å². The highest BCUT2D eigenvalue weighted by Crippen LogP contribution is 2.08. The van der Waals surface area contributed by atoms with Gasteiger partial charge in [0.05, 0.1) is 11.7 Å². The highest BCUT2D eigenvalue weighted by molar-refractivity contribution is 5.84. The van der Waals surface area contributed by atoms with Gasteiger partial charge in [-0.3, -0.25) is 10.3 Å². The molecule has 0 radical (unpaired) electrons. The van der Waals surface area contributed by atoms with Gasteiger partial charge in [-0.15, -0.1) is 0 Å². The van der Waals surface area contributed by atoms with Crippen molar-refractivity contribution in [3.8, 4) is 0 Å². The van der Waals surface area contributed by atoms with Gasteiger partial charge in [0.1, 0.15) is 0 Å². The fraction of sp³-hybridized carbons (Fsp3) is 0.400. The molecule has 1 rings (SSSR count). The predicted octanol–water partition coefficient (Wildman–Crippen LogP) is 0.867. The minimum absolute atomic E-state index is 0.0569. The van der Waals surface area contributed by atoms with Crippen LogP contribution in [0.4, 0.5) is 0 Å². The van der Waals surface area contributed by atoms with Crippen molar-refractivity contribution >= 4 is 5.84 Å². The molecule has 1 aromatic heterocycles. The molecule has 2 atom stereocenters. The van der Waals surface area contributed by atoms with Crippen LogP contribution in [0.2, 0.25) is 0 Å². The molecule has 0 bridgehead atoms. The maximum atomic E-state index is 8.50. The van der Waals surface area contributed by atoms with Crippen LogP contribution >= 0.6 is 0 Å². The van der Waals surface area contributed by atoms with Gasteiger partial charge in [0.15, 0.2) is 5.84 Å². The first-order chi connectivity index (χ1) is 7.15. The molecule has 4 N–H and O–H groups in total. The van der Waals surface area contributed by atoms with Gasteiger partial charge >= 0.3 is 0 Å². The van der Waals surface area contributed by atoms with E-state index >= 15 is 0 Å². The monoisotopic (exact) mass is 208 g/mol. The molecule has 1 aromatic rings. The SMILES string of the molecule is CC(NC(C)c1ccccn1)C(N)=NO. The average molecular weight is 208 g/mol. The Morgan fingerprint density at radius 1 is 1.53 bits per heavy atom. The standard InChI is InChI=1S/C10H16N4O/c1-7(9-5-3-4-6-12-9)13-8(2)10(11)14-15/h3-8,13,15H,1-2H3,(H2,11,14). The fourth-order valence-corrected chi connectivity index (χ4v) is 1.26. The lowest BCUT2D eigenvalue weighted by Gasteiger charge is -2.18. The molecular weight excluding hydrogens is 192 g/mol. The Kier molecular flexibility index (Phi) is 4.05. The van der Waals surface area contributed by atoms with Crippen molar-refractivity contribution in [3.63, 3.8) is 0 Å². The Morgan fingerprint density at radius 3 is 2.80 bits per heavy atom. The van der Waals surface area contributed by atoms with Crippen molar-refractivity contribution in [2.75, 3.05) is 0 Å². The van der Waals surface area contributed by atoms with E-state index in [9.17, 15) is 0 Å². The van der Waals surface area contributed by atoms with Gasteiger partial charge in [-0.25, -0.2) is 0 Å². The van der Waals surface area contributed by atoms with E-state index < -0.39 is 0 Å². The number of rotatable bonds is 4. The molecule has 5 nitrogen and oxygen atoms in total. The summed E-state index contributed by atoms with van der Waals surface area (Å²) >= 11 is 0. The fourth-order valence-electron chi connectivity index (χ4n) is 1.26. The van der Waals surface area contributed by atoms with Gasteiger partial charge in [0.2, 0.25) is 0 Å². The molecule has 0 aliphatic heterocycles. The second kappa shape index (κ2) is 5.31. The summed E-state index contributed by atoms with van der Waals surface area (Å²) in [6.45, 7) is 3.80. The Hall–Kier alpha value is -1.62. The number of hydrogen-bond acceptors (Lipinski definition) is 4. The van der Waals surface area contributed by atoms with E-state index in [1.54, 1.807) is 6.20 Å². The number of nitrogens with one attached hydrogen (secondary N) is 1. The maximum absolute atomic E-state index is 8.50. The molecule has 2 unspecified atom stereocenters. The molecule has 5 heteroatoms. The zero-order valence-electron chi connectivity index (χ0n) is 8.88. The molecule has 0 spiro atoms.